The van der Waals surface area contributed by atoms with Gasteiger partial charge in [0, 0.05) is 5.02 Å². The summed E-state index contributed by atoms with van der Waals surface area (Å²) in [6, 6.07) is 10.9. The van der Waals surface area contributed by atoms with E-state index in [9.17, 15) is 0 Å². The zero-order chi connectivity index (χ0) is 14.0. The maximum absolute atomic E-state index is 6.25. The number of halogens is 3. The Hall–Kier alpha value is -0.770. The van der Waals surface area contributed by atoms with E-state index in [1.54, 1.807) is 6.07 Å². The molecule has 2 aromatic carbocycles. The number of hydrogen-bond donors (Lipinski definition) is 2. The first-order chi connectivity index (χ1) is 9.06. The molecule has 2 aromatic rings. The van der Waals surface area contributed by atoms with Crippen LogP contribution in [0.3, 0.4) is 0 Å². The van der Waals surface area contributed by atoms with Gasteiger partial charge in [0.2, 0.25) is 0 Å². The summed E-state index contributed by atoms with van der Waals surface area (Å²) < 4.78 is 0. The Balaban J connectivity index is 2.57. The van der Waals surface area contributed by atoms with Crippen molar-refractivity contribution in [3.8, 4) is 0 Å². The van der Waals surface area contributed by atoms with Crippen molar-refractivity contribution in [2.45, 2.75) is 13.0 Å². The van der Waals surface area contributed by atoms with Crippen molar-refractivity contribution in [1.82, 2.24) is 5.43 Å². The molecule has 0 radical (unpaired) electrons. The zero-order valence-electron chi connectivity index (χ0n) is 10.3. The second-order valence-electron chi connectivity index (χ2n) is 4.20. The second kappa shape index (κ2) is 6.12. The van der Waals surface area contributed by atoms with Gasteiger partial charge in [-0.3, -0.25) is 5.84 Å². The molecule has 0 aromatic heterocycles. The molecule has 0 heterocycles. The first-order valence-electron chi connectivity index (χ1n) is 5.71. The van der Waals surface area contributed by atoms with Crippen molar-refractivity contribution in [3.05, 3.63) is 68.2 Å². The van der Waals surface area contributed by atoms with E-state index in [0.717, 1.165) is 16.7 Å². The lowest BCUT2D eigenvalue weighted by molar-refractivity contribution is 0.634. The summed E-state index contributed by atoms with van der Waals surface area (Å²) in [7, 11) is 0. The van der Waals surface area contributed by atoms with E-state index in [4.69, 9.17) is 40.6 Å². The van der Waals surface area contributed by atoms with Gasteiger partial charge in [0.25, 0.3) is 0 Å². The van der Waals surface area contributed by atoms with E-state index in [-0.39, 0.29) is 6.04 Å². The lowest BCUT2D eigenvalue weighted by Gasteiger charge is -2.21. The molecule has 2 nitrogen and oxygen atoms in total. The van der Waals surface area contributed by atoms with Crippen molar-refractivity contribution in [2.75, 3.05) is 0 Å². The molecule has 0 saturated carbocycles. The molecule has 19 heavy (non-hydrogen) atoms. The highest BCUT2D eigenvalue weighted by Gasteiger charge is 2.19. The van der Waals surface area contributed by atoms with Crippen molar-refractivity contribution in [2.24, 2.45) is 5.84 Å². The molecule has 0 amide bonds. The minimum Gasteiger partial charge on any atom is -0.271 e. The fraction of sp³-hybridized carbons (Fsp3) is 0.143. The first kappa shape index (κ1) is 14.6. The molecule has 0 saturated heterocycles. The topological polar surface area (TPSA) is 38.0 Å². The monoisotopic (exact) mass is 314 g/mol. The summed E-state index contributed by atoms with van der Waals surface area (Å²) in [5, 5.41) is 1.68. The average molecular weight is 316 g/mol. The zero-order valence-corrected chi connectivity index (χ0v) is 12.5. The maximum atomic E-state index is 6.25. The molecule has 5 heteroatoms. The van der Waals surface area contributed by atoms with E-state index in [1.807, 2.05) is 37.3 Å². The van der Waals surface area contributed by atoms with E-state index >= 15 is 0 Å². The van der Waals surface area contributed by atoms with Gasteiger partial charge in [-0.25, -0.2) is 5.43 Å². The number of hydrogen-bond acceptors (Lipinski definition) is 2. The lowest BCUT2D eigenvalue weighted by atomic mass is 9.95. The van der Waals surface area contributed by atoms with E-state index < -0.39 is 0 Å². The third-order valence-corrected chi connectivity index (χ3v) is 4.32. The Morgan fingerprint density at radius 3 is 2.16 bits per heavy atom. The summed E-state index contributed by atoms with van der Waals surface area (Å²) in [6.07, 6.45) is 0. The molecule has 3 N–H and O–H groups in total. The number of rotatable bonds is 3. The highest BCUT2D eigenvalue weighted by atomic mass is 35.5. The van der Waals surface area contributed by atoms with E-state index in [1.165, 1.54) is 0 Å². The van der Waals surface area contributed by atoms with Crippen LogP contribution in [0.2, 0.25) is 15.1 Å². The lowest BCUT2D eigenvalue weighted by Crippen LogP contribution is -2.29. The van der Waals surface area contributed by atoms with Crippen LogP contribution in [0.4, 0.5) is 0 Å². The number of benzene rings is 2. The van der Waals surface area contributed by atoms with Gasteiger partial charge in [0.05, 0.1) is 16.1 Å². The van der Waals surface area contributed by atoms with Crippen LogP contribution in [0.25, 0.3) is 0 Å². The van der Waals surface area contributed by atoms with Crippen molar-refractivity contribution in [1.29, 1.82) is 0 Å². The van der Waals surface area contributed by atoms with E-state index in [2.05, 4.69) is 5.43 Å². The number of nitrogens with two attached hydrogens (primary N) is 1. The normalized spacial score (nSPS) is 12.5. The summed E-state index contributed by atoms with van der Waals surface area (Å²) in [4.78, 5) is 0. The fourth-order valence-corrected chi connectivity index (χ4v) is 2.63. The Morgan fingerprint density at radius 2 is 1.53 bits per heavy atom. The third-order valence-electron chi connectivity index (χ3n) is 3.08. The fourth-order valence-electron chi connectivity index (χ4n) is 2.03. The van der Waals surface area contributed by atoms with Crippen LogP contribution in [0.15, 0.2) is 36.4 Å². The summed E-state index contributed by atoms with van der Waals surface area (Å²) in [5.74, 6) is 5.68. The van der Waals surface area contributed by atoms with Gasteiger partial charge in [0.1, 0.15) is 0 Å². The van der Waals surface area contributed by atoms with Crippen molar-refractivity contribution < 1.29 is 0 Å². The molecule has 0 bridgehead atoms. The van der Waals surface area contributed by atoms with Gasteiger partial charge in [-0.15, -0.1) is 0 Å². The molecule has 100 valence electrons. The quantitative estimate of drug-likeness (QED) is 0.646. The van der Waals surface area contributed by atoms with Gasteiger partial charge in [-0.1, -0.05) is 59.1 Å². The van der Waals surface area contributed by atoms with Gasteiger partial charge >= 0.3 is 0 Å². The molecule has 0 aliphatic carbocycles. The van der Waals surface area contributed by atoms with Crippen LogP contribution >= 0.6 is 34.8 Å². The van der Waals surface area contributed by atoms with Gasteiger partial charge in [-0.05, 0) is 35.7 Å². The molecule has 1 atom stereocenters. The Bertz CT molecular complexity index is 548. The predicted octanol–water partition coefficient (Wildman–Crippen LogP) is 4.51. The minimum atomic E-state index is -0.259. The molecule has 2 rings (SSSR count). The smallest absolute Gasteiger partial charge is 0.0728 e. The summed E-state index contributed by atoms with van der Waals surface area (Å²) in [5.41, 5.74) is 5.52. The average Bonchev–Trinajstić information content (AvgIpc) is 2.40. The third kappa shape index (κ3) is 2.88. The van der Waals surface area contributed by atoms with Crippen LogP contribution in [-0.2, 0) is 0 Å². The predicted molar refractivity (Wildman–Crippen MR) is 81.8 cm³/mol. The summed E-state index contributed by atoms with van der Waals surface area (Å²) >= 11 is 18.4. The second-order valence-corrected chi connectivity index (χ2v) is 5.39. The first-order valence-corrected chi connectivity index (χ1v) is 6.84. The Kier molecular flexibility index (Phi) is 4.71. The van der Waals surface area contributed by atoms with Crippen LogP contribution in [-0.4, -0.2) is 0 Å². The van der Waals surface area contributed by atoms with Crippen LogP contribution in [0.5, 0.6) is 0 Å². The minimum absolute atomic E-state index is 0.259. The van der Waals surface area contributed by atoms with Gasteiger partial charge in [-0.2, -0.15) is 0 Å². The molecule has 1 unspecified atom stereocenters. The summed E-state index contributed by atoms with van der Waals surface area (Å²) in [6.45, 7) is 1.94. The molecular formula is C14H13Cl3N2. The number of nitrogens with one attached hydrogen (secondary N) is 1. The molecular weight excluding hydrogens is 303 g/mol. The SMILES string of the molecule is Cc1c(Cl)cccc1C(NN)c1cccc(Cl)c1Cl. The van der Waals surface area contributed by atoms with Crippen LogP contribution in [0, 0.1) is 6.92 Å². The van der Waals surface area contributed by atoms with Crippen molar-refractivity contribution >= 4 is 34.8 Å². The number of hydrazine groups is 1. The largest absolute Gasteiger partial charge is 0.271 e. The van der Waals surface area contributed by atoms with Gasteiger partial charge in [0.15, 0.2) is 0 Å². The van der Waals surface area contributed by atoms with Gasteiger partial charge < -0.3 is 0 Å². The standard InChI is InChI=1S/C14H13Cl3N2/c1-8-9(4-2-6-11(8)15)14(19-18)10-5-3-7-12(16)13(10)17/h2-7,14,19H,18H2,1H3. The maximum Gasteiger partial charge on any atom is 0.0728 e. The van der Waals surface area contributed by atoms with Crippen LogP contribution in [0.1, 0.15) is 22.7 Å². The highest BCUT2D eigenvalue weighted by Crippen LogP contribution is 2.35. The van der Waals surface area contributed by atoms with E-state index in [0.29, 0.717) is 15.1 Å². The molecule has 0 aliphatic rings. The Labute approximate surface area is 127 Å². The van der Waals surface area contributed by atoms with Crippen LogP contribution < -0.4 is 11.3 Å². The van der Waals surface area contributed by atoms with Crippen molar-refractivity contribution in [3.63, 3.8) is 0 Å². The highest BCUT2D eigenvalue weighted by molar-refractivity contribution is 6.42. The Morgan fingerprint density at radius 1 is 0.947 bits per heavy atom. The molecule has 0 fully saturated rings. The molecule has 0 aliphatic heterocycles. The molecule has 0 spiro atoms.